The van der Waals surface area contributed by atoms with Crippen LogP contribution < -0.4 is 4.74 Å². The van der Waals surface area contributed by atoms with Crippen molar-refractivity contribution in [3.63, 3.8) is 0 Å². The van der Waals surface area contributed by atoms with E-state index in [0.29, 0.717) is 11.3 Å². The minimum absolute atomic E-state index is 0.205. The highest BCUT2D eigenvalue weighted by molar-refractivity contribution is 6.10. The highest BCUT2D eigenvalue weighted by Crippen LogP contribution is 2.14. The van der Waals surface area contributed by atoms with Crippen molar-refractivity contribution in [3.05, 3.63) is 42.0 Å². The Morgan fingerprint density at radius 3 is 2.63 bits per heavy atom. The first-order valence-corrected chi connectivity index (χ1v) is 5.34. The molecule has 6 heteroatoms. The SMILES string of the molecule is COc1cccc(C(/C=C/C(=O)O)=N/OC(C)=O)c1. The van der Waals surface area contributed by atoms with Gasteiger partial charge in [-0.1, -0.05) is 17.3 Å². The van der Waals surface area contributed by atoms with Gasteiger partial charge in [-0.25, -0.2) is 9.59 Å². The number of hydrogen-bond acceptors (Lipinski definition) is 5. The summed E-state index contributed by atoms with van der Waals surface area (Å²) in [5.74, 6) is -1.14. The molecule has 6 nitrogen and oxygen atoms in total. The predicted octanol–water partition coefficient (Wildman–Crippen LogP) is 1.60. The number of carbonyl (C=O) groups excluding carboxylic acids is 1. The second-order valence-electron chi connectivity index (χ2n) is 3.46. The monoisotopic (exact) mass is 263 g/mol. The molecule has 0 aliphatic carbocycles. The second kappa shape index (κ2) is 6.95. The van der Waals surface area contributed by atoms with Gasteiger partial charge in [0.15, 0.2) is 0 Å². The van der Waals surface area contributed by atoms with E-state index < -0.39 is 11.9 Å². The molecule has 0 saturated carbocycles. The fraction of sp³-hybridized carbons (Fsp3) is 0.154. The van der Waals surface area contributed by atoms with Gasteiger partial charge >= 0.3 is 11.9 Å². The molecule has 0 bridgehead atoms. The molecule has 0 amide bonds. The standard InChI is InChI=1S/C13H13NO5/c1-9(15)19-14-12(6-7-13(16)17)10-4-3-5-11(8-10)18-2/h3-8H,1-2H3,(H,16,17)/b7-6+,14-12+. The number of oxime groups is 1. The first-order chi connectivity index (χ1) is 9.02. The van der Waals surface area contributed by atoms with Gasteiger partial charge in [0.1, 0.15) is 11.5 Å². The van der Waals surface area contributed by atoms with Gasteiger partial charge in [-0.15, -0.1) is 0 Å². The topological polar surface area (TPSA) is 85.2 Å². The van der Waals surface area contributed by atoms with Crippen LogP contribution in [0.1, 0.15) is 12.5 Å². The molecule has 0 spiro atoms. The Kier molecular flexibility index (Phi) is 5.28. The molecule has 0 aliphatic heterocycles. The van der Waals surface area contributed by atoms with Crippen LogP contribution in [0.5, 0.6) is 5.75 Å². The van der Waals surface area contributed by atoms with Gasteiger partial charge < -0.3 is 14.7 Å². The molecular weight excluding hydrogens is 250 g/mol. The average Bonchev–Trinajstić information content (AvgIpc) is 2.38. The number of ether oxygens (including phenoxy) is 1. The first-order valence-electron chi connectivity index (χ1n) is 5.34. The van der Waals surface area contributed by atoms with Gasteiger partial charge in [-0.3, -0.25) is 0 Å². The molecular formula is C13H13NO5. The van der Waals surface area contributed by atoms with E-state index in [4.69, 9.17) is 9.84 Å². The molecule has 0 heterocycles. The van der Waals surface area contributed by atoms with E-state index in [1.165, 1.54) is 20.1 Å². The number of rotatable bonds is 5. The quantitative estimate of drug-likeness (QED) is 0.377. The Labute approximate surface area is 109 Å². The summed E-state index contributed by atoms with van der Waals surface area (Å²) < 4.78 is 5.05. The van der Waals surface area contributed by atoms with E-state index in [-0.39, 0.29) is 5.71 Å². The van der Waals surface area contributed by atoms with Gasteiger partial charge in [0.05, 0.1) is 7.11 Å². The molecule has 1 aromatic carbocycles. The van der Waals surface area contributed by atoms with E-state index in [2.05, 4.69) is 9.99 Å². The highest BCUT2D eigenvalue weighted by atomic mass is 16.7. The fourth-order valence-corrected chi connectivity index (χ4v) is 1.23. The third-order valence-electron chi connectivity index (χ3n) is 2.02. The number of hydrogen-bond donors (Lipinski definition) is 1. The summed E-state index contributed by atoms with van der Waals surface area (Å²) in [6.45, 7) is 1.20. The van der Waals surface area contributed by atoms with Crippen molar-refractivity contribution in [3.8, 4) is 5.75 Å². The van der Waals surface area contributed by atoms with Crippen LogP contribution in [0.4, 0.5) is 0 Å². The molecule has 0 radical (unpaired) electrons. The van der Waals surface area contributed by atoms with E-state index in [1.54, 1.807) is 24.3 Å². The van der Waals surface area contributed by atoms with Crippen LogP contribution in [0.3, 0.4) is 0 Å². The minimum Gasteiger partial charge on any atom is -0.497 e. The number of benzene rings is 1. The summed E-state index contributed by atoms with van der Waals surface area (Å²) in [6, 6.07) is 6.78. The third kappa shape index (κ3) is 5.03. The second-order valence-corrected chi connectivity index (χ2v) is 3.46. The number of carboxylic acid groups (broad SMARTS) is 1. The Morgan fingerprint density at radius 2 is 2.05 bits per heavy atom. The lowest BCUT2D eigenvalue weighted by molar-refractivity contribution is -0.140. The average molecular weight is 263 g/mol. The fourth-order valence-electron chi connectivity index (χ4n) is 1.23. The maximum Gasteiger partial charge on any atom is 0.332 e. The summed E-state index contributed by atoms with van der Waals surface area (Å²) in [7, 11) is 1.51. The van der Waals surface area contributed by atoms with Crippen LogP contribution in [0.15, 0.2) is 41.6 Å². The number of aliphatic carboxylic acids is 1. The van der Waals surface area contributed by atoms with Gasteiger partial charge in [-0.2, -0.15) is 0 Å². The number of carboxylic acids is 1. The van der Waals surface area contributed by atoms with Crippen molar-refractivity contribution in [2.75, 3.05) is 7.11 Å². The molecule has 0 aromatic heterocycles. The Bertz CT molecular complexity index is 534. The Hall–Kier alpha value is -2.63. The third-order valence-corrected chi connectivity index (χ3v) is 2.02. The zero-order valence-electron chi connectivity index (χ0n) is 10.5. The number of allylic oxidation sites excluding steroid dienone is 1. The van der Waals surface area contributed by atoms with Crippen LogP contribution in [0.2, 0.25) is 0 Å². The van der Waals surface area contributed by atoms with E-state index >= 15 is 0 Å². The van der Waals surface area contributed by atoms with Crippen LogP contribution in [0, 0.1) is 0 Å². The molecule has 1 rings (SSSR count). The summed E-state index contributed by atoms with van der Waals surface area (Å²) >= 11 is 0. The Balaban J connectivity index is 3.10. The molecule has 0 unspecified atom stereocenters. The van der Waals surface area contributed by atoms with Gasteiger partial charge in [0.25, 0.3) is 0 Å². The molecule has 0 atom stereocenters. The van der Waals surface area contributed by atoms with Crippen LogP contribution in [-0.2, 0) is 14.4 Å². The van der Waals surface area contributed by atoms with E-state index in [0.717, 1.165) is 6.08 Å². The van der Waals surface area contributed by atoms with Crippen LogP contribution in [-0.4, -0.2) is 29.9 Å². The highest BCUT2D eigenvalue weighted by Gasteiger charge is 2.04. The molecule has 19 heavy (non-hydrogen) atoms. The van der Waals surface area contributed by atoms with Crippen LogP contribution >= 0.6 is 0 Å². The van der Waals surface area contributed by atoms with Crippen LogP contribution in [0.25, 0.3) is 0 Å². The molecule has 0 aliphatic rings. The zero-order valence-corrected chi connectivity index (χ0v) is 10.5. The number of carbonyl (C=O) groups is 2. The molecule has 1 aromatic rings. The summed E-state index contributed by atoms with van der Waals surface area (Å²) in [5.41, 5.74) is 0.773. The van der Waals surface area contributed by atoms with Crippen molar-refractivity contribution >= 4 is 17.7 Å². The predicted molar refractivity (Wildman–Crippen MR) is 68.1 cm³/mol. The lowest BCUT2D eigenvalue weighted by Crippen LogP contribution is -2.02. The van der Waals surface area contributed by atoms with Crippen molar-refractivity contribution in [2.45, 2.75) is 6.92 Å². The van der Waals surface area contributed by atoms with Gasteiger partial charge in [-0.05, 0) is 18.2 Å². The largest absolute Gasteiger partial charge is 0.497 e. The molecule has 0 fully saturated rings. The molecule has 1 N–H and O–H groups in total. The lowest BCUT2D eigenvalue weighted by atomic mass is 10.1. The number of methoxy groups -OCH3 is 1. The first kappa shape index (κ1) is 14.4. The molecule has 100 valence electrons. The van der Waals surface area contributed by atoms with Crippen molar-refractivity contribution in [1.29, 1.82) is 0 Å². The lowest BCUT2D eigenvalue weighted by Gasteiger charge is -2.04. The maximum absolute atomic E-state index is 10.7. The number of nitrogens with zero attached hydrogens (tertiary/aromatic N) is 1. The summed E-state index contributed by atoms with van der Waals surface area (Å²) in [5, 5.41) is 12.2. The zero-order chi connectivity index (χ0) is 14.3. The van der Waals surface area contributed by atoms with E-state index in [9.17, 15) is 9.59 Å². The van der Waals surface area contributed by atoms with Crippen molar-refractivity contribution in [1.82, 2.24) is 0 Å². The smallest absolute Gasteiger partial charge is 0.332 e. The van der Waals surface area contributed by atoms with Gasteiger partial charge in [0.2, 0.25) is 0 Å². The van der Waals surface area contributed by atoms with Crippen molar-refractivity contribution in [2.24, 2.45) is 5.16 Å². The van der Waals surface area contributed by atoms with Crippen molar-refractivity contribution < 1.29 is 24.3 Å². The van der Waals surface area contributed by atoms with Gasteiger partial charge in [0, 0.05) is 18.6 Å². The maximum atomic E-state index is 10.7. The van der Waals surface area contributed by atoms with E-state index in [1.807, 2.05) is 0 Å². The normalized spacial score (nSPS) is 11.4. The Morgan fingerprint density at radius 1 is 1.32 bits per heavy atom. The molecule has 0 saturated heterocycles. The summed E-state index contributed by atoms with van der Waals surface area (Å²) in [6.07, 6.45) is 2.14. The minimum atomic E-state index is -1.13. The summed E-state index contributed by atoms with van der Waals surface area (Å²) in [4.78, 5) is 25.8.